The molecule has 2 fully saturated rings. The Morgan fingerprint density at radius 1 is 1.23 bits per heavy atom. The highest BCUT2D eigenvalue weighted by atomic mass is 19.3. The van der Waals surface area contributed by atoms with Gasteiger partial charge in [-0.2, -0.15) is 0 Å². The molecule has 1 amide bonds. The van der Waals surface area contributed by atoms with Gasteiger partial charge in [-0.1, -0.05) is 32.1 Å². The summed E-state index contributed by atoms with van der Waals surface area (Å²) in [7, 11) is 3.07. The quantitative estimate of drug-likeness (QED) is 0.677. The van der Waals surface area contributed by atoms with Crippen molar-refractivity contribution in [2.24, 2.45) is 5.92 Å². The van der Waals surface area contributed by atoms with Gasteiger partial charge in [-0.05, 0) is 61.1 Å². The van der Waals surface area contributed by atoms with E-state index in [4.69, 9.17) is 9.47 Å². The number of carbonyl (C=O) groups excluding carboxylic acids is 1. The third-order valence-corrected chi connectivity index (χ3v) is 5.88. The van der Waals surface area contributed by atoms with Gasteiger partial charge in [0.25, 0.3) is 5.92 Å². The number of carbonyl (C=O) groups is 1. The second-order valence-electron chi connectivity index (χ2n) is 10.6. The van der Waals surface area contributed by atoms with E-state index >= 15 is 0 Å². The van der Waals surface area contributed by atoms with Crippen LogP contribution in [0.5, 0.6) is 0 Å². The molecule has 176 valence electrons. The zero-order valence-electron chi connectivity index (χ0n) is 19.6. The maximum absolute atomic E-state index is 14.8. The minimum atomic E-state index is -3.38. The van der Waals surface area contributed by atoms with Gasteiger partial charge < -0.3 is 19.5 Å². The molecule has 2 rings (SSSR count). The van der Waals surface area contributed by atoms with Crippen LogP contribution < -0.4 is 0 Å². The van der Waals surface area contributed by atoms with Crippen molar-refractivity contribution in [3.05, 3.63) is 0 Å². The van der Waals surface area contributed by atoms with E-state index < -0.39 is 48.1 Å². The van der Waals surface area contributed by atoms with Crippen LogP contribution in [0, 0.1) is 5.92 Å². The molecule has 0 aromatic carbocycles. The van der Waals surface area contributed by atoms with E-state index in [0.29, 0.717) is 12.3 Å². The van der Waals surface area contributed by atoms with Crippen molar-refractivity contribution < 1.29 is 28.2 Å². The van der Waals surface area contributed by atoms with Gasteiger partial charge in [-0.25, -0.2) is 13.6 Å². The summed E-state index contributed by atoms with van der Waals surface area (Å²) in [4.78, 5) is 15.8. The summed E-state index contributed by atoms with van der Waals surface area (Å²) in [5.41, 5.74) is -1.89. The Bertz CT molecular complexity index is 586. The minimum Gasteiger partial charge on any atom is -0.444 e. The molecule has 1 aliphatic heterocycles. The summed E-state index contributed by atoms with van der Waals surface area (Å²) in [5.74, 6) is -3.07. The molecular formula is C22H40F2N2O4. The Balaban J connectivity index is 2.35. The van der Waals surface area contributed by atoms with Crippen molar-refractivity contribution in [2.75, 3.05) is 20.6 Å². The number of hydrogen-bond donors (Lipinski definition) is 1. The van der Waals surface area contributed by atoms with Gasteiger partial charge in [0.1, 0.15) is 23.5 Å². The van der Waals surface area contributed by atoms with E-state index in [1.165, 1.54) is 30.3 Å². The predicted molar refractivity (Wildman–Crippen MR) is 112 cm³/mol. The number of aliphatic hydroxyl groups is 1. The van der Waals surface area contributed by atoms with Crippen molar-refractivity contribution in [3.8, 4) is 0 Å². The molecule has 1 saturated heterocycles. The Labute approximate surface area is 179 Å². The van der Waals surface area contributed by atoms with Crippen molar-refractivity contribution in [2.45, 2.75) is 109 Å². The van der Waals surface area contributed by atoms with Crippen LogP contribution in [-0.4, -0.2) is 77.1 Å². The highest BCUT2D eigenvalue weighted by Gasteiger charge is 2.58. The standard InChI is InChI=1S/C22H40F2N2O4/c1-20(2,3)30-19(28)26-16(13-15-11-9-8-10-12-15)17(29-21(26,4)5)18(27)22(23,24)14-25(6)7/h15-18,27H,8-14H2,1-7H3/t16-,17+,18+/m0/s1. The minimum absolute atomic E-state index is 0.309. The van der Waals surface area contributed by atoms with E-state index in [-0.39, 0.29) is 0 Å². The van der Waals surface area contributed by atoms with Gasteiger partial charge in [-0.3, -0.25) is 4.90 Å². The molecule has 1 aliphatic carbocycles. The molecule has 1 heterocycles. The van der Waals surface area contributed by atoms with Gasteiger partial charge in [-0.15, -0.1) is 0 Å². The van der Waals surface area contributed by atoms with Crippen LogP contribution in [0.25, 0.3) is 0 Å². The first-order valence-corrected chi connectivity index (χ1v) is 11.0. The molecule has 3 atom stereocenters. The van der Waals surface area contributed by atoms with E-state index in [0.717, 1.165) is 25.7 Å². The van der Waals surface area contributed by atoms with Crippen LogP contribution >= 0.6 is 0 Å². The number of ether oxygens (including phenoxy) is 2. The molecule has 0 spiro atoms. The predicted octanol–water partition coefficient (Wildman–Crippen LogP) is 4.26. The van der Waals surface area contributed by atoms with Gasteiger partial charge in [0, 0.05) is 0 Å². The summed E-state index contributed by atoms with van der Waals surface area (Å²) < 4.78 is 41.2. The van der Waals surface area contributed by atoms with Gasteiger partial charge in [0.05, 0.1) is 12.6 Å². The zero-order valence-corrected chi connectivity index (χ0v) is 19.6. The van der Waals surface area contributed by atoms with Gasteiger partial charge in [0.2, 0.25) is 0 Å². The monoisotopic (exact) mass is 434 g/mol. The smallest absolute Gasteiger partial charge is 0.412 e. The summed E-state index contributed by atoms with van der Waals surface area (Å²) in [6, 6.07) is -0.680. The average Bonchev–Trinajstić information content (AvgIpc) is 2.82. The molecule has 0 radical (unpaired) electrons. The van der Waals surface area contributed by atoms with Crippen LogP contribution in [-0.2, 0) is 9.47 Å². The third kappa shape index (κ3) is 6.26. The third-order valence-electron chi connectivity index (χ3n) is 5.88. The Morgan fingerprint density at radius 3 is 2.30 bits per heavy atom. The van der Waals surface area contributed by atoms with Crippen molar-refractivity contribution >= 4 is 6.09 Å². The van der Waals surface area contributed by atoms with Gasteiger partial charge in [0.15, 0.2) is 0 Å². The van der Waals surface area contributed by atoms with E-state index in [2.05, 4.69) is 0 Å². The molecule has 0 aromatic rings. The second kappa shape index (κ2) is 9.25. The summed E-state index contributed by atoms with van der Waals surface area (Å²) in [5, 5.41) is 10.7. The number of aliphatic hydroxyl groups excluding tert-OH is 1. The van der Waals surface area contributed by atoms with Crippen molar-refractivity contribution in [1.29, 1.82) is 0 Å². The highest BCUT2D eigenvalue weighted by molar-refractivity contribution is 5.70. The fourth-order valence-corrected chi connectivity index (χ4v) is 4.72. The number of nitrogens with zero attached hydrogens (tertiary/aromatic N) is 2. The first-order chi connectivity index (χ1) is 13.6. The highest BCUT2D eigenvalue weighted by Crippen LogP contribution is 2.42. The second-order valence-corrected chi connectivity index (χ2v) is 10.6. The van der Waals surface area contributed by atoms with Crippen LogP contribution in [0.15, 0.2) is 0 Å². The molecule has 30 heavy (non-hydrogen) atoms. The van der Waals surface area contributed by atoms with Crippen LogP contribution in [0.1, 0.15) is 73.1 Å². The lowest BCUT2D eigenvalue weighted by molar-refractivity contribution is -0.182. The van der Waals surface area contributed by atoms with E-state index in [9.17, 15) is 18.7 Å². The zero-order chi connectivity index (χ0) is 22.9. The number of alkyl halides is 2. The first kappa shape index (κ1) is 25.3. The molecule has 0 unspecified atom stereocenters. The van der Waals surface area contributed by atoms with Crippen molar-refractivity contribution in [3.63, 3.8) is 0 Å². The summed E-state index contributed by atoms with van der Waals surface area (Å²) >= 11 is 0. The fourth-order valence-electron chi connectivity index (χ4n) is 4.72. The molecule has 1 N–H and O–H groups in total. The SMILES string of the molecule is CN(C)CC(F)(F)[C@H](O)[C@@H]1OC(C)(C)N(C(=O)OC(C)(C)C)[C@H]1CC1CCCCC1. The number of hydrogen-bond acceptors (Lipinski definition) is 5. The Kier molecular flexibility index (Phi) is 7.79. The molecule has 0 aromatic heterocycles. The fraction of sp³-hybridized carbons (Fsp3) is 0.955. The van der Waals surface area contributed by atoms with Crippen LogP contribution in [0.4, 0.5) is 13.6 Å². The maximum atomic E-state index is 14.8. The number of halogens is 2. The summed E-state index contributed by atoms with van der Waals surface area (Å²) in [6.45, 7) is 8.04. The van der Waals surface area contributed by atoms with E-state index in [1.807, 2.05) is 0 Å². The Hall–Kier alpha value is -0.990. The number of amides is 1. The topological polar surface area (TPSA) is 62.2 Å². The van der Waals surface area contributed by atoms with Crippen LogP contribution in [0.2, 0.25) is 0 Å². The Morgan fingerprint density at radius 2 is 1.80 bits per heavy atom. The molecule has 6 nitrogen and oxygen atoms in total. The van der Waals surface area contributed by atoms with Crippen molar-refractivity contribution in [1.82, 2.24) is 9.80 Å². The lowest BCUT2D eigenvalue weighted by Gasteiger charge is -2.37. The molecule has 8 heteroatoms. The van der Waals surface area contributed by atoms with Crippen LogP contribution in [0.3, 0.4) is 0 Å². The average molecular weight is 435 g/mol. The molecule has 1 saturated carbocycles. The molecular weight excluding hydrogens is 394 g/mol. The first-order valence-electron chi connectivity index (χ1n) is 11.0. The van der Waals surface area contributed by atoms with Gasteiger partial charge >= 0.3 is 6.09 Å². The lowest BCUT2D eigenvalue weighted by Crippen LogP contribution is -2.55. The lowest BCUT2D eigenvalue weighted by atomic mass is 9.82. The largest absolute Gasteiger partial charge is 0.444 e. The molecule has 2 aliphatic rings. The maximum Gasteiger partial charge on any atom is 0.412 e. The number of rotatable bonds is 6. The normalized spacial score (nSPS) is 26.8. The molecule has 0 bridgehead atoms. The summed E-state index contributed by atoms with van der Waals surface area (Å²) in [6.07, 6.45) is 2.06. The van der Waals surface area contributed by atoms with E-state index in [1.54, 1.807) is 34.6 Å².